The summed E-state index contributed by atoms with van der Waals surface area (Å²) in [6, 6.07) is 5.41. The number of carbonyl (C=O) groups excluding carboxylic acids is 1. The molecular formula is C14H16N4O. The van der Waals surface area contributed by atoms with E-state index in [1.165, 1.54) is 19.3 Å². The fourth-order valence-corrected chi connectivity index (χ4v) is 2.10. The first-order valence-corrected chi connectivity index (χ1v) is 6.57. The second-order valence-corrected chi connectivity index (χ2v) is 4.86. The molecule has 0 atom stereocenters. The van der Waals surface area contributed by atoms with Gasteiger partial charge < -0.3 is 5.32 Å². The Kier molecular flexibility index (Phi) is 3.27. The van der Waals surface area contributed by atoms with Crippen LogP contribution in [0.2, 0.25) is 0 Å². The number of pyridine rings is 1. The Morgan fingerprint density at radius 3 is 2.89 bits per heavy atom. The minimum absolute atomic E-state index is 0.0496. The van der Waals surface area contributed by atoms with Crippen LogP contribution in [0, 0.1) is 5.92 Å². The molecule has 1 saturated carbocycles. The molecule has 1 N–H and O–H groups in total. The Hall–Kier alpha value is -2.17. The normalized spacial score (nSPS) is 14.9. The lowest BCUT2D eigenvalue weighted by atomic mass is 9.85. The quantitative estimate of drug-likeness (QED) is 0.907. The first-order valence-electron chi connectivity index (χ1n) is 6.57. The molecule has 1 amide bonds. The van der Waals surface area contributed by atoms with Crippen molar-refractivity contribution in [1.29, 1.82) is 0 Å². The lowest BCUT2D eigenvalue weighted by Gasteiger charge is -2.25. The second kappa shape index (κ2) is 5.22. The highest BCUT2D eigenvalue weighted by Crippen LogP contribution is 2.25. The van der Waals surface area contributed by atoms with Crippen molar-refractivity contribution >= 4 is 5.91 Å². The van der Waals surface area contributed by atoms with Crippen molar-refractivity contribution in [2.24, 2.45) is 5.92 Å². The molecule has 0 spiro atoms. The van der Waals surface area contributed by atoms with Gasteiger partial charge in [0.15, 0.2) is 5.82 Å². The standard InChI is InChI=1S/C14H16N4O/c19-14(16-9-11-3-1-4-11)12-5-6-13(15-10-12)18-8-2-7-17-18/h2,5-8,10-11H,1,3-4,9H2,(H,16,19). The molecule has 5 nitrogen and oxygen atoms in total. The van der Waals surface area contributed by atoms with Gasteiger partial charge in [-0.15, -0.1) is 0 Å². The van der Waals surface area contributed by atoms with Crippen LogP contribution in [-0.2, 0) is 0 Å². The number of rotatable bonds is 4. The zero-order valence-corrected chi connectivity index (χ0v) is 10.6. The first kappa shape index (κ1) is 11.9. The van der Waals surface area contributed by atoms with E-state index in [4.69, 9.17) is 0 Å². The maximum absolute atomic E-state index is 11.9. The van der Waals surface area contributed by atoms with Crippen LogP contribution in [0.4, 0.5) is 0 Å². The maximum atomic E-state index is 11.9. The van der Waals surface area contributed by atoms with Gasteiger partial charge in [-0.3, -0.25) is 4.79 Å². The summed E-state index contributed by atoms with van der Waals surface area (Å²) in [5, 5.41) is 7.05. The second-order valence-electron chi connectivity index (χ2n) is 4.86. The predicted molar refractivity (Wildman–Crippen MR) is 71.0 cm³/mol. The summed E-state index contributed by atoms with van der Waals surface area (Å²) in [5.74, 6) is 1.33. The van der Waals surface area contributed by atoms with Gasteiger partial charge in [0.2, 0.25) is 0 Å². The van der Waals surface area contributed by atoms with Gasteiger partial charge in [-0.2, -0.15) is 5.10 Å². The Morgan fingerprint density at radius 1 is 1.42 bits per heavy atom. The molecule has 5 heteroatoms. The zero-order valence-electron chi connectivity index (χ0n) is 10.6. The van der Waals surface area contributed by atoms with Crippen LogP contribution in [0.15, 0.2) is 36.8 Å². The van der Waals surface area contributed by atoms with Crippen molar-refractivity contribution < 1.29 is 4.79 Å². The molecule has 1 aliphatic rings. The van der Waals surface area contributed by atoms with E-state index in [1.54, 1.807) is 29.2 Å². The number of aromatic nitrogens is 3. The summed E-state index contributed by atoms with van der Waals surface area (Å²) < 4.78 is 1.66. The summed E-state index contributed by atoms with van der Waals surface area (Å²) in [5.41, 5.74) is 0.593. The fraction of sp³-hybridized carbons (Fsp3) is 0.357. The van der Waals surface area contributed by atoms with Crippen LogP contribution in [0.5, 0.6) is 0 Å². The highest BCUT2D eigenvalue weighted by molar-refractivity contribution is 5.93. The molecule has 2 heterocycles. The van der Waals surface area contributed by atoms with Crippen molar-refractivity contribution in [1.82, 2.24) is 20.1 Å². The fourth-order valence-electron chi connectivity index (χ4n) is 2.10. The predicted octanol–water partition coefficient (Wildman–Crippen LogP) is 1.80. The van der Waals surface area contributed by atoms with Crippen LogP contribution in [0.1, 0.15) is 29.6 Å². The van der Waals surface area contributed by atoms with Crippen LogP contribution < -0.4 is 5.32 Å². The number of nitrogens with one attached hydrogen (secondary N) is 1. The molecule has 0 radical (unpaired) electrons. The van der Waals surface area contributed by atoms with Crippen molar-refractivity contribution in [3.05, 3.63) is 42.4 Å². The Morgan fingerprint density at radius 2 is 2.32 bits per heavy atom. The van der Waals surface area contributed by atoms with Crippen LogP contribution in [0.25, 0.3) is 5.82 Å². The third-order valence-corrected chi connectivity index (χ3v) is 3.53. The SMILES string of the molecule is O=C(NCC1CCC1)c1ccc(-n2cccn2)nc1. The van der Waals surface area contributed by atoms with E-state index >= 15 is 0 Å². The molecule has 0 aliphatic heterocycles. The van der Waals surface area contributed by atoms with Crippen molar-refractivity contribution in [3.63, 3.8) is 0 Å². The first-order chi connectivity index (χ1) is 9.33. The molecule has 0 aromatic carbocycles. The molecule has 2 aromatic rings. The summed E-state index contributed by atoms with van der Waals surface area (Å²) in [4.78, 5) is 16.2. The molecule has 2 aromatic heterocycles. The molecule has 0 saturated heterocycles. The average molecular weight is 256 g/mol. The largest absolute Gasteiger partial charge is 0.352 e. The van der Waals surface area contributed by atoms with Crippen LogP contribution in [0.3, 0.4) is 0 Å². The topological polar surface area (TPSA) is 59.8 Å². The lowest BCUT2D eigenvalue weighted by molar-refractivity contribution is 0.0938. The Balaban J connectivity index is 1.63. The van der Waals surface area contributed by atoms with Gasteiger partial charge >= 0.3 is 0 Å². The van der Waals surface area contributed by atoms with E-state index in [0.29, 0.717) is 17.3 Å². The minimum atomic E-state index is -0.0496. The highest BCUT2D eigenvalue weighted by Gasteiger charge is 2.18. The van der Waals surface area contributed by atoms with E-state index in [-0.39, 0.29) is 5.91 Å². The molecule has 1 fully saturated rings. The van der Waals surface area contributed by atoms with E-state index in [1.807, 2.05) is 12.3 Å². The number of hydrogen-bond donors (Lipinski definition) is 1. The minimum Gasteiger partial charge on any atom is -0.352 e. The van der Waals surface area contributed by atoms with E-state index < -0.39 is 0 Å². The summed E-state index contributed by atoms with van der Waals surface area (Å²) in [6.07, 6.45) is 8.86. The van der Waals surface area contributed by atoms with Gasteiger partial charge in [-0.25, -0.2) is 9.67 Å². The zero-order chi connectivity index (χ0) is 13.1. The van der Waals surface area contributed by atoms with Gasteiger partial charge in [0.1, 0.15) is 0 Å². The smallest absolute Gasteiger partial charge is 0.252 e. The van der Waals surface area contributed by atoms with Crippen LogP contribution >= 0.6 is 0 Å². The van der Waals surface area contributed by atoms with Gasteiger partial charge in [-0.1, -0.05) is 6.42 Å². The number of carbonyl (C=O) groups is 1. The molecule has 19 heavy (non-hydrogen) atoms. The molecule has 1 aliphatic carbocycles. The van der Waals surface area contributed by atoms with Crippen molar-refractivity contribution in [2.75, 3.05) is 6.54 Å². The van der Waals surface area contributed by atoms with E-state index in [0.717, 1.165) is 6.54 Å². The van der Waals surface area contributed by atoms with Crippen LogP contribution in [-0.4, -0.2) is 27.2 Å². The number of amides is 1. The van der Waals surface area contributed by atoms with E-state index in [9.17, 15) is 4.79 Å². The van der Waals surface area contributed by atoms with Gasteiger partial charge in [0.05, 0.1) is 5.56 Å². The molecule has 0 bridgehead atoms. The van der Waals surface area contributed by atoms with Gasteiger partial charge in [-0.05, 0) is 37.0 Å². The third-order valence-electron chi connectivity index (χ3n) is 3.53. The highest BCUT2D eigenvalue weighted by atomic mass is 16.1. The summed E-state index contributed by atoms with van der Waals surface area (Å²) in [7, 11) is 0. The molecule has 98 valence electrons. The summed E-state index contributed by atoms with van der Waals surface area (Å²) in [6.45, 7) is 0.778. The molecule has 3 rings (SSSR count). The summed E-state index contributed by atoms with van der Waals surface area (Å²) >= 11 is 0. The number of nitrogens with zero attached hydrogens (tertiary/aromatic N) is 3. The molecular weight excluding hydrogens is 240 g/mol. The Bertz CT molecular complexity index is 543. The van der Waals surface area contributed by atoms with E-state index in [2.05, 4.69) is 15.4 Å². The van der Waals surface area contributed by atoms with Gasteiger partial charge in [0, 0.05) is 25.1 Å². The molecule has 0 unspecified atom stereocenters. The average Bonchev–Trinajstić information content (AvgIpc) is 2.91. The Labute approximate surface area is 111 Å². The van der Waals surface area contributed by atoms with Crippen molar-refractivity contribution in [3.8, 4) is 5.82 Å². The maximum Gasteiger partial charge on any atom is 0.252 e. The van der Waals surface area contributed by atoms with Gasteiger partial charge in [0.25, 0.3) is 5.91 Å². The third kappa shape index (κ3) is 2.65. The van der Waals surface area contributed by atoms with Crippen molar-refractivity contribution in [2.45, 2.75) is 19.3 Å². The lowest BCUT2D eigenvalue weighted by Crippen LogP contribution is -2.32. The number of hydrogen-bond acceptors (Lipinski definition) is 3. The monoisotopic (exact) mass is 256 g/mol.